The Balaban J connectivity index is 1.24. The van der Waals surface area contributed by atoms with Crippen molar-refractivity contribution in [2.24, 2.45) is 0 Å². The normalized spacial score (nSPS) is 18.1. The summed E-state index contributed by atoms with van der Waals surface area (Å²) in [7, 11) is 0. The van der Waals surface area contributed by atoms with Crippen LogP contribution in [-0.2, 0) is 4.79 Å². The summed E-state index contributed by atoms with van der Waals surface area (Å²) in [6.07, 6.45) is 5.91. The van der Waals surface area contributed by atoms with Gasteiger partial charge in [0.1, 0.15) is 0 Å². The molecule has 2 fully saturated rings. The first kappa shape index (κ1) is 19.8. The highest BCUT2D eigenvalue weighted by Crippen LogP contribution is 2.24. The van der Waals surface area contributed by atoms with Crippen molar-refractivity contribution < 1.29 is 9.59 Å². The molecule has 2 aromatic carbocycles. The summed E-state index contributed by atoms with van der Waals surface area (Å²) in [5.41, 5.74) is 2.92. The van der Waals surface area contributed by atoms with Crippen LogP contribution in [-0.4, -0.2) is 53.7 Å². The molecule has 1 aliphatic heterocycles. The van der Waals surface area contributed by atoms with Gasteiger partial charge < -0.3 is 4.90 Å². The first-order valence-corrected chi connectivity index (χ1v) is 10.9. The quantitative estimate of drug-likeness (QED) is 0.686. The summed E-state index contributed by atoms with van der Waals surface area (Å²) in [6, 6.07) is 18.6. The van der Waals surface area contributed by atoms with Crippen LogP contribution in [0.1, 0.15) is 48.9 Å². The van der Waals surface area contributed by atoms with Crippen molar-refractivity contribution in [2.45, 2.75) is 44.6 Å². The van der Waals surface area contributed by atoms with Gasteiger partial charge >= 0.3 is 0 Å². The van der Waals surface area contributed by atoms with Crippen LogP contribution in [0.4, 0.5) is 0 Å². The predicted molar refractivity (Wildman–Crippen MR) is 116 cm³/mol. The maximum Gasteiger partial charge on any atom is 0.223 e. The molecule has 2 aromatic rings. The fourth-order valence-corrected chi connectivity index (χ4v) is 4.61. The van der Waals surface area contributed by atoms with Gasteiger partial charge in [-0.05, 0) is 24.0 Å². The summed E-state index contributed by atoms with van der Waals surface area (Å²) in [5.74, 6) is 0.160. The molecule has 4 heteroatoms. The number of rotatable bonds is 6. The van der Waals surface area contributed by atoms with Gasteiger partial charge in [-0.1, -0.05) is 67.4 Å². The molecule has 0 aromatic heterocycles. The number of benzene rings is 2. The Kier molecular flexibility index (Phi) is 6.40. The average molecular weight is 391 g/mol. The van der Waals surface area contributed by atoms with Crippen LogP contribution in [0.15, 0.2) is 54.6 Å². The molecule has 1 saturated heterocycles. The van der Waals surface area contributed by atoms with Gasteiger partial charge in [0, 0.05) is 50.6 Å². The zero-order valence-corrected chi connectivity index (χ0v) is 17.1. The molecule has 29 heavy (non-hydrogen) atoms. The van der Waals surface area contributed by atoms with Crippen LogP contribution in [0.3, 0.4) is 0 Å². The topological polar surface area (TPSA) is 40.6 Å². The molecule has 0 bridgehead atoms. The van der Waals surface area contributed by atoms with Crippen LogP contribution < -0.4 is 0 Å². The number of ketones is 1. The van der Waals surface area contributed by atoms with E-state index in [4.69, 9.17) is 0 Å². The van der Waals surface area contributed by atoms with Crippen molar-refractivity contribution in [1.29, 1.82) is 0 Å². The van der Waals surface area contributed by atoms with Crippen molar-refractivity contribution >= 4 is 11.7 Å². The molecule has 1 aliphatic carbocycles. The Hall–Kier alpha value is -2.46. The van der Waals surface area contributed by atoms with Crippen molar-refractivity contribution in [2.75, 3.05) is 26.2 Å². The molecule has 1 heterocycles. The minimum absolute atomic E-state index is 0.0440. The lowest BCUT2D eigenvalue weighted by Crippen LogP contribution is -2.51. The number of piperazine rings is 1. The molecule has 0 radical (unpaired) electrons. The maximum atomic E-state index is 12.6. The lowest BCUT2D eigenvalue weighted by Gasteiger charge is -2.38. The largest absolute Gasteiger partial charge is 0.340 e. The summed E-state index contributed by atoms with van der Waals surface area (Å²) >= 11 is 0. The number of Topliss-reactive ketones (excluding diaryl/α,β-unsaturated/α-hetero) is 1. The fourth-order valence-electron chi connectivity index (χ4n) is 4.61. The third kappa shape index (κ3) is 4.94. The number of hydrogen-bond acceptors (Lipinski definition) is 3. The number of carbonyl (C=O) groups is 2. The van der Waals surface area contributed by atoms with E-state index in [0.29, 0.717) is 12.0 Å². The fraction of sp³-hybridized carbons (Fsp3) is 0.440. The first-order chi connectivity index (χ1) is 14.2. The van der Waals surface area contributed by atoms with Gasteiger partial charge in [0.05, 0.1) is 0 Å². The molecular weight excluding hydrogens is 360 g/mol. The molecule has 4 rings (SSSR count). The Morgan fingerprint density at radius 2 is 1.38 bits per heavy atom. The van der Waals surface area contributed by atoms with E-state index in [9.17, 15) is 9.59 Å². The van der Waals surface area contributed by atoms with E-state index in [-0.39, 0.29) is 18.1 Å². The molecule has 152 valence electrons. The van der Waals surface area contributed by atoms with Crippen molar-refractivity contribution in [1.82, 2.24) is 9.80 Å². The lowest BCUT2D eigenvalue weighted by molar-refractivity contribution is -0.133. The smallest absolute Gasteiger partial charge is 0.223 e. The Labute approximate surface area is 173 Å². The van der Waals surface area contributed by atoms with Gasteiger partial charge in [-0.15, -0.1) is 0 Å². The second-order valence-electron chi connectivity index (χ2n) is 8.22. The lowest BCUT2D eigenvalue weighted by atomic mass is 10.0. The number of hydrogen-bond donors (Lipinski definition) is 0. The van der Waals surface area contributed by atoms with E-state index in [1.54, 1.807) is 0 Å². The van der Waals surface area contributed by atoms with E-state index < -0.39 is 0 Å². The third-order valence-corrected chi connectivity index (χ3v) is 6.39. The molecule has 2 aliphatic rings. The molecule has 0 N–H and O–H groups in total. The van der Waals surface area contributed by atoms with E-state index in [0.717, 1.165) is 43.3 Å². The van der Waals surface area contributed by atoms with Gasteiger partial charge in [-0.25, -0.2) is 0 Å². The Morgan fingerprint density at radius 1 is 0.759 bits per heavy atom. The third-order valence-electron chi connectivity index (χ3n) is 6.39. The molecule has 0 atom stereocenters. The highest BCUT2D eigenvalue weighted by atomic mass is 16.2. The number of amides is 1. The summed E-state index contributed by atoms with van der Waals surface area (Å²) in [4.78, 5) is 29.6. The van der Waals surface area contributed by atoms with Gasteiger partial charge in [0.25, 0.3) is 0 Å². The zero-order valence-electron chi connectivity index (χ0n) is 17.1. The maximum absolute atomic E-state index is 12.6. The highest BCUT2D eigenvalue weighted by Gasteiger charge is 2.27. The summed E-state index contributed by atoms with van der Waals surface area (Å²) in [5, 5.41) is 0. The Morgan fingerprint density at radius 3 is 2.03 bits per heavy atom. The molecule has 4 nitrogen and oxygen atoms in total. The van der Waals surface area contributed by atoms with E-state index in [1.165, 1.54) is 25.7 Å². The van der Waals surface area contributed by atoms with Crippen LogP contribution in [0, 0.1) is 0 Å². The van der Waals surface area contributed by atoms with Gasteiger partial charge in [-0.2, -0.15) is 0 Å². The minimum Gasteiger partial charge on any atom is -0.340 e. The molecule has 0 spiro atoms. The average Bonchev–Trinajstić information content (AvgIpc) is 3.33. The van der Waals surface area contributed by atoms with E-state index in [2.05, 4.69) is 17.0 Å². The summed E-state index contributed by atoms with van der Waals surface area (Å²) in [6.45, 7) is 3.56. The van der Waals surface area contributed by atoms with Crippen molar-refractivity contribution in [3.63, 3.8) is 0 Å². The van der Waals surface area contributed by atoms with E-state index in [1.807, 2.05) is 47.4 Å². The van der Waals surface area contributed by atoms with Crippen molar-refractivity contribution in [3.05, 3.63) is 60.2 Å². The van der Waals surface area contributed by atoms with Crippen LogP contribution in [0.25, 0.3) is 11.1 Å². The number of carbonyl (C=O) groups excluding carboxylic acids is 2. The monoisotopic (exact) mass is 390 g/mol. The number of nitrogens with zero attached hydrogens (tertiary/aromatic N) is 2. The van der Waals surface area contributed by atoms with E-state index >= 15 is 0 Å². The zero-order chi connectivity index (χ0) is 20.1. The van der Waals surface area contributed by atoms with Gasteiger partial charge in [0.15, 0.2) is 5.78 Å². The molecule has 1 saturated carbocycles. The molecule has 0 unspecified atom stereocenters. The standard InChI is InChI=1S/C25H30N2O2/c28-24(22-12-10-21(11-13-22)20-6-2-1-3-7-20)14-15-25(29)27-18-16-26(17-19-27)23-8-4-5-9-23/h1-3,6-7,10-13,23H,4-5,8-9,14-19H2. The van der Waals surface area contributed by atoms with Crippen LogP contribution in [0.5, 0.6) is 0 Å². The van der Waals surface area contributed by atoms with Gasteiger partial charge in [0.2, 0.25) is 5.91 Å². The minimum atomic E-state index is 0.0440. The van der Waals surface area contributed by atoms with Crippen LogP contribution >= 0.6 is 0 Å². The summed E-state index contributed by atoms with van der Waals surface area (Å²) < 4.78 is 0. The molecular formula is C25H30N2O2. The van der Waals surface area contributed by atoms with Gasteiger partial charge in [-0.3, -0.25) is 14.5 Å². The Bertz CT molecular complexity index is 818. The second-order valence-corrected chi connectivity index (χ2v) is 8.22. The SMILES string of the molecule is O=C(CCC(=O)N1CCN(C2CCCC2)CC1)c1ccc(-c2ccccc2)cc1. The van der Waals surface area contributed by atoms with Crippen LogP contribution in [0.2, 0.25) is 0 Å². The predicted octanol–water partition coefficient (Wildman–Crippen LogP) is 4.40. The molecule has 1 amide bonds. The second kappa shape index (κ2) is 9.36. The first-order valence-electron chi connectivity index (χ1n) is 10.9. The van der Waals surface area contributed by atoms with Crippen molar-refractivity contribution in [3.8, 4) is 11.1 Å². The highest BCUT2D eigenvalue weighted by molar-refractivity contribution is 5.98.